The second kappa shape index (κ2) is 7.58. The molecule has 0 unspecified atom stereocenters. The normalized spacial score (nSPS) is 17.1. The van der Waals surface area contributed by atoms with Crippen molar-refractivity contribution in [3.63, 3.8) is 0 Å². The van der Waals surface area contributed by atoms with E-state index in [4.69, 9.17) is 4.42 Å². The summed E-state index contributed by atoms with van der Waals surface area (Å²) in [5.74, 6) is 0.199. The summed E-state index contributed by atoms with van der Waals surface area (Å²) in [7, 11) is 1.95. The van der Waals surface area contributed by atoms with Crippen LogP contribution in [-0.4, -0.2) is 51.0 Å². The van der Waals surface area contributed by atoms with E-state index in [9.17, 15) is 9.59 Å². The Bertz CT molecular complexity index is 819. The van der Waals surface area contributed by atoms with Crippen LogP contribution in [0.25, 0.3) is 0 Å². The van der Waals surface area contributed by atoms with Crippen molar-refractivity contribution in [3.05, 3.63) is 41.1 Å². The van der Waals surface area contributed by atoms with Gasteiger partial charge in [-0.1, -0.05) is 0 Å². The van der Waals surface area contributed by atoms with E-state index in [-0.39, 0.29) is 11.8 Å². The Labute approximate surface area is 158 Å². The van der Waals surface area contributed by atoms with Gasteiger partial charge in [-0.25, -0.2) is 0 Å². The minimum atomic E-state index is -0.0198. The minimum absolute atomic E-state index is 0.0198. The molecular formula is C20H26N4O3. The molecule has 2 aromatic rings. The summed E-state index contributed by atoms with van der Waals surface area (Å²) < 4.78 is 6.95. The molecule has 7 nitrogen and oxygen atoms in total. The van der Waals surface area contributed by atoms with E-state index in [0.717, 1.165) is 43.6 Å². The van der Waals surface area contributed by atoms with Crippen LogP contribution >= 0.6 is 0 Å². The number of piperidine rings is 1. The van der Waals surface area contributed by atoms with Crippen molar-refractivity contribution in [1.29, 1.82) is 0 Å². The van der Waals surface area contributed by atoms with E-state index in [0.29, 0.717) is 31.5 Å². The molecule has 4 heterocycles. The van der Waals surface area contributed by atoms with Crippen LogP contribution in [0.15, 0.2) is 23.0 Å². The molecule has 1 saturated heterocycles. The first-order valence-corrected chi connectivity index (χ1v) is 9.76. The zero-order valence-corrected chi connectivity index (χ0v) is 15.8. The van der Waals surface area contributed by atoms with Crippen molar-refractivity contribution < 1.29 is 14.0 Å². The zero-order valence-electron chi connectivity index (χ0n) is 15.8. The fourth-order valence-corrected chi connectivity index (χ4v) is 4.14. The lowest BCUT2D eigenvalue weighted by Gasteiger charge is -2.28. The monoisotopic (exact) mass is 370 g/mol. The molecule has 0 N–H and O–H groups in total. The van der Waals surface area contributed by atoms with Crippen LogP contribution in [0.2, 0.25) is 0 Å². The van der Waals surface area contributed by atoms with E-state index in [2.05, 4.69) is 5.10 Å². The molecule has 2 aromatic heterocycles. The molecular weight excluding hydrogens is 344 g/mol. The van der Waals surface area contributed by atoms with Gasteiger partial charge in [-0.3, -0.25) is 14.3 Å². The lowest BCUT2D eigenvalue weighted by Crippen LogP contribution is -2.36. The van der Waals surface area contributed by atoms with E-state index >= 15 is 0 Å². The van der Waals surface area contributed by atoms with Gasteiger partial charge >= 0.3 is 0 Å². The van der Waals surface area contributed by atoms with Crippen LogP contribution < -0.4 is 0 Å². The minimum Gasteiger partial charge on any atom is -0.472 e. The van der Waals surface area contributed by atoms with Crippen LogP contribution in [0.4, 0.5) is 0 Å². The van der Waals surface area contributed by atoms with Gasteiger partial charge in [0.25, 0.3) is 5.91 Å². The van der Waals surface area contributed by atoms with Gasteiger partial charge in [-0.2, -0.15) is 5.10 Å². The Hall–Kier alpha value is -2.57. The van der Waals surface area contributed by atoms with Gasteiger partial charge in [0.15, 0.2) is 0 Å². The van der Waals surface area contributed by atoms with Gasteiger partial charge in [-0.05, 0) is 25.3 Å². The molecule has 7 heteroatoms. The second-order valence-corrected chi connectivity index (χ2v) is 7.43. The van der Waals surface area contributed by atoms with Crippen molar-refractivity contribution in [2.75, 3.05) is 19.6 Å². The summed E-state index contributed by atoms with van der Waals surface area (Å²) in [4.78, 5) is 28.9. The summed E-state index contributed by atoms with van der Waals surface area (Å²) in [5.41, 5.74) is 3.80. The summed E-state index contributed by atoms with van der Waals surface area (Å²) in [6, 6.07) is 1.69. The largest absolute Gasteiger partial charge is 0.472 e. The van der Waals surface area contributed by atoms with Crippen molar-refractivity contribution in [2.24, 2.45) is 7.05 Å². The maximum absolute atomic E-state index is 12.6. The number of likely N-dealkylation sites (tertiary alicyclic amines) is 1. The molecule has 2 amide bonds. The maximum atomic E-state index is 12.6. The molecule has 0 spiro atoms. The molecule has 27 heavy (non-hydrogen) atoms. The van der Waals surface area contributed by atoms with Crippen molar-refractivity contribution in [1.82, 2.24) is 19.6 Å². The van der Waals surface area contributed by atoms with Crippen molar-refractivity contribution in [3.8, 4) is 0 Å². The van der Waals surface area contributed by atoms with Crippen LogP contribution in [0, 0.1) is 0 Å². The van der Waals surface area contributed by atoms with Gasteiger partial charge in [-0.15, -0.1) is 0 Å². The number of amides is 2. The van der Waals surface area contributed by atoms with Gasteiger partial charge in [0.1, 0.15) is 6.26 Å². The zero-order chi connectivity index (χ0) is 18.8. The summed E-state index contributed by atoms with van der Waals surface area (Å²) >= 11 is 0. The molecule has 0 saturated carbocycles. The highest BCUT2D eigenvalue weighted by Crippen LogP contribution is 2.25. The molecule has 144 valence electrons. The van der Waals surface area contributed by atoms with Crippen LogP contribution in [0.3, 0.4) is 0 Å². The number of hydrogen-bond acceptors (Lipinski definition) is 4. The van der Waals surface area contributed by atoms with Crippen molar-refractivity contribution in [2.45, 2.75) is 45.1 Å². The number of fused-ring (bicyclic) bond motifs is 1. The fraction of sp³-hybridized carbons (Fsp3) is 0.550. The Morgan fingerprint density at radius 3 is 2.70 bits per heavy atom. The van der Waals surface area contributed by atoms with Gasteiger partial charge in [0, 0.05) is 63.7 Å². The smallest absolute Gasteiger partial charge is 0.257 e. The number of nitrogens with zero attached hydrogens (tertiary/aromatic N) is 4. The van der Waals surface area contributed by atoms with Crippen LogP contribution in [0.1, 0.15) is 53.0 Å². The highest BCUT2D eigenvalue weighted by atomic mass is 16.3. The number of furan rings is 1. The third-order valence-electron chi connectivity index (χ3n) is 5.67. The number of aryl methyl sites for hydroxylation is 2. The molecule has 0 aromatic carbocycles. The molecule has 0 aliphatic carbocycles. The van der Waals surface area contributed by atoms with Crippen LogP contribution in [0.5, 0.6) is 0 Å². The molecule has 4 rings (SSSR count). The van der Waals surface area contributed by atoms with E-state index in [1.165, 1.54) is 24.6 Å². The SMILES string of the molecule is Cn1nc(CCC(=O)N2CCCCC2)c2c1CCN(C(=O)c1ccoc1)C2. The number of hydrogen-bond donors (Lipinski definition) is 0. The van der Waals surface area contributed by atoms with E-state index in [1.54, 1.807) is 6.07 Å². The Morgan fingerprint density at radius 1 is 1.15 bits per heavy atom. The molecule has 2 aliphatic heterocycles. The third kappa shape index (κ3) is 3.63. The average molecular weight is 370 g/mol. The number of aromatic nitrogens is 2. The van der Waals surface area contributed by atoms with Gasteiger partial charge in [0.2, 0.25) is 5.91 Å². The molecule has 0 bridgehead atoms. The predicted octanol–water partition coefficient (Wildman–Crippen LogP) is 2.16. The van der Waals surface area contributed by atoms with E-state index < -0.39 is 0 Å². The maximum Gasteiger partial charge on any atom is 0.257 e. The topological polar surface area (TPSA) is 71.6 Å². The fourth-order valence-electron chi connectivity index (χ4n) is 4.14. The Balaban J connectivity index is 1.45. The highest BCUT2D eigenvalue weighted by molar-refractivity contribution is 5.94. The predicted molar refractivity (Wildman–Crippen MR) is 99.1 cm³/mol. The molecule has 2 aliphatic rings. The summed E-state index contributed by atoms with van der Waals surface area (Å²) in [6.07, 6.45) is 8.33. The average Bonchev–Trinajstić information content (AvgIpc) is 3.34. The van der Waals surface area contributed by atoms with Crippen molar-refractivity contribution >= 4 is 11.8 Å². The standard InChI is InChI=1S/C20H26N4O3/c1-22-18-7-11-24(20(26)15-8-12-27-14-15)13-16(18)17(21-22)5-6-19(25)23-9-3-2-4-10-23/h8,12,14H,2-7,9-11,13H2,1H3. The first-order valence-electron chi connectivity index (χ1n) is 9.76. The molecule has 0 atom stereocenters. The third-order valence-corrected chi connectivity index (χ3v) is 5.67. The van der Waals surface area contributed by atoms with Crippen LogP contribution in [-0.2, 0) is 31.2 Å². The number of rotatable bonds is 4. The first-order chi connectivity index (χ1) is 13.1. The lowest BCUT2D eigenvalue weighted by molar-refractivity contribution is -0.132. The first kappa shape index (κ1) is 17.8. The van der Waals surface area contributed by atoms with Gasteiger partial charge in [0.05, 0.1) is 17.5 Å². The number of carbonyl (C=O) groups is 2. The molecule has 1 fully saturated rings. The summed E-state index contributed by atoms with van der Waals surface area (Å²) in [6.45, 7) is 2.97. The van der Waals surface area contributed by atoms with E-state index in [1.807, 2.05) is 21.5 Å². The lowest BCUT2D eigenvalue weighted by atomic mass is 10.0. The Morgan fingerprint density at radius 2 is 1.96 bits per heavy atom. The highest BCUT2D eigenvalue weighted by Gasteiger charge is 2.28. The molecule has 0 radical (unpaired) electrons. The number of carbonyl (C=O) groups excluding carboxylic acids is 2. The Kier molecular flexibility index (Phi) is 5.01. The summed E-state index contributed by atoms with van der Waals surface area (Å²) in [5, 5.41) is 4.66. The second-order valence-electron chi connectivity index (χ2n) is 7.43. The quantitative estimate of drug-likeness (QED) is 0.827. The van der Waals surface area contributed by atoms with Gasteiger partial charge < -0.3 is 14.2 Å².